The summed E-state index contributed by atoms with van der Waals surface area (Å²) >= 11 is 8.07. The van der Waals surface area contributed by atoms with Gasteiger partial charge < -0.3 is 5.32 Å². The quantitative estimate of drug-likeness (QED) is 0.815. The summed E-state index contributed by atoms with van der Waals surface area (Å²) in [6.45, 7) is 3.16. The first-order chi connectivity index (χ1) is 9.31. The van der Waals surface area contributed by atoms with Gasteiger partial charge in [-0.15, -0.1) is 11.3 Å². The van der Waals surface area contributed by atoms with Crippen molar-refractivity contribution >= 4 is 22.9 Å². The topological polar surface area (TPSA) is 24.9 Å². The third-order valence-electron chi connectivity index (χ3n) is 3.02. The second-order valence-electron chi connectivity index (χ2n) is 4.50. The van der Waals surface area contributed by atoms with Crippen LogP contribution in [-0.2, 0) is 6.42 Å². The van der Waals surface area contributed by atoms with E-state index in [2.05, 4.69) is 34.7 Å². The van der Waals surface area contributed by atoms with Crippen molar-refractivity contribution in [1.29, 1.82) is 0 Å². The number of nitrogens with zero attached hydrogens (tertiary/aromatic N) is 1. The molecule has 0 spiro atoms. The molecule has 2 nitrogen and oxygen atoms in total. The monoisotopic (exact) mass is 294 g/mol. The minimum Gasteiger partial charge on any atom is -0.309 e. The molecule has 0 amide bonds. The predicted molar refractivity (Wildman–Crippen MR) is 82.9 cm³/mol. The van der Waals surface area contributed by atoms with Gasteiger partial charge in [0.25, 0.3) is 0 Å². The van der Waals surface area contributed by atoms with Gasteiger partial charge in [-0.3, -0.25) is 4.98 Å². The number of hydrogen-bond donors (Lipinski definition) is 1. The Hall–Kier alpha value is -0.900. The van der Waals surface area contributed by atoms with Gasteiger partial charge in [-0.25, -0.2) is 0 Å². The minimum absolute atomic E-state index is 0.232. The van der Waals surface area contributed by atoms with E-state index < -0.39 is 0 Å². The number of aryl methyl sites for hydroxylation is 1. The minimum atomic E-state index is 0.232. The van der Waals surface area contributed by atoms with Crippen LogP contribution in [0.3, 0.4) is 0 Å². The molecule has 19 heavy (non-hydrogen) atoms. The lowest BCUT2D eigenvalue weighted by Gasteiger charge is -2.18. The molecule has 0 aromatic carbocycles. The lowest BCUT2D eigenvalue weighted by atomic mass is 10.1. The van der Waals surface area contributed by atoms with Crippen LogP contribution in [0.25, 0.3) is 0 Å². The van der Waals surface area contributed by atoms with Crippen LogP contribution in [0.15, 0.2) is 35.8 Å². The highest BCUT2D eigenvalue weighted by atomic mass is 35.5. The van der Waals surface area contributed by atoms with Crippen LogP contribution in [-0.4, -0.2) is 11.5 Å². The first-order valence-corrected chi connectivity index (χ1v) is 7.93. The Morgan fingerprint density at radius 3 is 2.95 bits per heavy atom. The highest BCUT2D eigenvalue weighted by Crippen LogP contribution is 2.25. The zero-order chi connectivity index (χ0) is 13.5. The fraction of sp³-hybridized carbons (Fsp3) is 0.400. The number of halogens is 1. The third-order valence-corrected chi connectivity index (χ3v) is 4.27. The van der Waals surface area contributed by atoms with E-state index in [0.717, 1.165) is 36.5 Å². The van der Waals surface area contributed by atoms with E-state index in [9.17, 15) is 0 Å². The molecule has 0 saturated heterocycles. The molecule has 1 N–H and O–H groups in total. The Bertz CT molecular complexity index is 485. The molecule has 0 radical (unpaired) electrons. The normalized spacial score (nSPS) is 12.5. The van der Waals surface area contributed by atoms with E-state index in [1.165, 1.54) is 4.88 Å². The molecule has 2 aromatic rings. The summed E-state index contributed by atoms with van der Waals surface area (Å²) in [6.07, 6.45) is 5.01. The number of hydrogen-bond acceptors (Lipinski definition) is 3. The Labute approximate surface area is 123 Å². The van der Waals surface area contributed by atoms with Crippen molar-refractivity contribution in [3.63, 3.8) is 0 Å². The molecule has 2 rings (SSSR count). The van der Waals surface area contributed by atoms with Crippen LogP contribution in [0.1, 0.15) is 36.4 Å². The zero-order valence-electron chi connectivity index (χ0n) is 11.1. The highest BCUT2D eigenvalue weighted by molar-refractivity contribution is 7.09. The largest absolute Gasteiger partial charge is 0.309 e. The van der Waals surface area contributed by atoms with Gasteiger partial charge in [0.1, 0.15) is 0 Å². The molecule has 102 valence electrons. The Kier molecular flexibility index (Phi) is 5.83. The van der Waals surface area contributed by atoms with Crippen molar-refractivity contribution in [1.82, 2.24) is 10.3 Å². The molecule has 0 bridgehead atoms. The SMILES string of the molecule is CCCNC(CCc1cccs1)c1ncccc1Cl. The van der Waals surface area contributed by atoms with Crippen LogP contribution >= 0.6 is 22.9 Å². The number of nitrogens with one attached hydrogen (secondary N) is 1. The smallest absolute Gasteiger partial charge is 0.0759 e. The second-order valence-corrected chi connectivity index (χ2v) is 5.93. The van der Waals surface area contributed by atoms with Gasteiger partial charge in [0.2, 0.25) is 0 Å². The van der Waals surface area contributed by atoms with Gasteiger partial charge in [-0.1, -0.05) is 24.6 Å². The van der Waals surface area contributed by atoms with Gasteiger partial charge in [-0.2, -0.15) is 0 Å². The van der Waals surface area contributed by atoms with Crippen LogP contribution in [0.5, 0.6) is 0 Å². The van der Waals surface area contributed by atoms with Crippen molar-refractivity contribution in [3.05, 3.63) is 51.4 Å². The Morgan fingerprint density at radius 2 is 2.26 bits per heavy atom. The van der Waals surface area contributed by atoms with Crippen LogP contribution in [0.4, 0.5) is 0 Å². The molecule has 0 aliphatic rings. The number of rotatable bonds is 7. The second kappa shape index (κ2) is 7.63. The Morgan fingerprint density at radius 1 is 1.37 bits per heavy atom. The molecule has 1 unspecified atom stereocenters. The fourth-order valence-corrected chi connectivity index (χ4v) is 3.03. The van der Waals surface area contributed by atoms with E-state index in [1.807, 2.05) is 18.3 Å². The number of thiophene rings is 1. The van der Waals surface area contributed by atoms with Crippen LogP contribution in [0, 0.1) is 0 Å². The molecule has 0 fully saturated rings. The maximum Gasteiger partial charge on any atom is 0.0759 e. The van der Waals surface area contributed by atoms with Gasteiger partial charge >= 0.3 is 0 Å². The standard InChI is InChI=1S/C15H19ClN2S/c1-2-9-17-14(8-7-12-5-4-11-19-12)15-13(16)6-3-10-18-15/h3-6,10-11,14,17H,2,7-9H2,1H3. The van der Waals surface area contributed by atoms with Crippen molar-refractivity contribution in [2.24, 2.45) is 0 Å². The van der Waals surface area contributed by atoms with Gasteiger partial charge in [0, 0.05) is 11.1 Å². The maximum absolute atomic E-state index is 6.26. The summed E-state index contributed by atoms with van der Waals surface area (Å²) in [5.74, 6) is 0. The molecular weight excluding hydrogens is 276 g/mol. The third kappa shape index (κ3) is 4.30. The van der Waals surface area contributed by atoms with Crippen molar-refractivity contribution in [3.8, 4) is 0 Å². The first kappa shape index (κ1) is 14.5. The van der Waals surface area contributed by atoms with Crippen molar-refractivity contribution in [2.45, 2.75) is 32.2 Å². The van der Waals surface area contributed by atoms with Crippen LogP contribution < -0.4 is 5.32 Å². The lowest BCUT2D eigenvalue weighted by Crippen LogP contribution is -2.23. The van der Waals surface area contributed by atoms with E-state index in [4.69, 9.17) is 11.6 Å². The lowest BCUT2D eigenvalue weighted by molar-refractivity contribution is 0.490. The molecule has 0 saturated carbocycles. The molecule has 2 heterocycles. The van der Waals surface area contributed by atoms with Gasteiger partial charge in [-0.05, 0) is 49.4 Å². The van der Waals surface area contributed by atoms with Crippen molar-refractivity contribution < 1.29 is 0 Å². The van der Waals surface area contributed by atoms with E-state index in [1.54, 1.807) is 11.3 Å². The average molecular weight is 295 g/mol. The average Bonchev–Trinajstić information content (AvgIpc) is 2.93. The summed E-state index contributed by atoms with van der Waals surface area (Å²) in [4.78, 5) is 5.85. The summed E-state index contributed by atoms with van der Waals surface area (Å²) in [7, 11) is 0. The zero-order valence-corrected chi connectivity index (χ0v) is 12.7. The number of pyridine rings is 1. The fourth-order valence-electron chi connectivity index (χ4n) is 2.05. The van der Waals surface area contributed by atoms with Crippen molar-refractivity contribution in [2.75, 3.05) is 6.54 Å². The van der Waals surface area contributed by atoms with Gasteiger partial charge in [0.05, 0.1) is 16.8 Å². The molecular formula is C15H19ClN2S. The highest BCUT2D eigenvalue weighted by Gasteiger charge is 2.15. The Balaban J connectivity index is 2.05. The first-order valence-electron chi connectivity index (χ1n) is 6.67. The van der Waals surface area contributed by atoms with E-state index in [-0.39, 0.29) is 6.04 Å². The summed E-state index contributed by atoms with van der Waals surface area (Å²) < 4.78 is 0. The van der Waals surface area contributed by atoms with E-state index >= 15 is 0 Å². The molecule has 0 aliphatic carbocycles. The molecule has 4 heteroatoms. The molecule has 0 aliphatic heterocycles. The molecule has 2 aromatic heterocycles. The summed E-state index contributed by atoms with van der Waals surface area (Å²) in [5, 5.41) is 6.42. The number of aromatic nitrogens is 1. The summed E-state index contributed by atoms with van der Waals surface area (Å²) in [5.41, 5.74) is 0.967. The summed E-state index contributed by atoms with van der Waals surface area (Å²) in [6, 6.07) is 8.30. The predicted octanol–water partition coefficient (Wildman–Crippen LogP) is 4.47. The maximum atomic E-state index is 6.26. The van der Waals surface area contributed by atoms with Crippen LogP contribution in [0.2, 0.25) is 5.02 Å². The molecule has 1 atom stereocenters. The van der Waals surface area contributed by atoms with Gasteiger partial charge in [0.15, 0.2) is 0 Å². The van der Waals surface area contributed by atoms with E-state index in [0.29, 0.717) is 0 Å².